The summed E-state index contributed by atoms with van der Waals surface area (Å²) in [4.78, 5) is 12.4. The first-order valence-corrected chi connectivity index (χ1v) is 27.9. The highest BCUT2D eigenvalue weighted by Crippen LogP contribution is 2.18. The van der Waals surface area contributed by atoms with E-state index in [9.17, 15) is 15.0 Å². The summed E-state index contributed by atoms with van der Waals surface area (Å²) >= 11 is 0. The van der Waals surface area contributed by atoms with Crippen molar-refractivity contribution in [2.45, 2.75) is 334 Å². The predicted molar refractivity (Wildman–Crippen MR) is 267 cm³/mol. The Morgan fingerprint density at radius 2 is 0.617 bits per heavy atom. The summed E-state index contributed by atoms with van der Waals surface area (Å²) in [5, 5.41) is 23.2. The Morgan fingerprint density at radius 1 is 0.383 bits per heavy atom. The molecule has 0 fully saturated rings. The number of rotatable bonds is 52. The maximum absolute atomic E-state index is 12.4. The predicted octanol–water partition coefficient (Wildman–Crippen LogP) is 18.1. The van der Waals surface area contributed by atoms with Crippen LogP contribution in [0.1, 0.15) is 322 Å². The molecule has 1 amide bonds. The molecule has 0 aliphatic rings. The average molecular weight is 847 g/mol. The van der Waals surface area contributed by atoms with Crippen molar-refractivity contribution in [2.24, 2.45) is 0 Å². The molecule has 0 aromatic heterocycles. The van der Waals surface area contributed by atoms with E-state index < -0.39 is 12.1 Å². The van der Waals surface area contributed by atoms with Crippen LogP contribution in [-0.2, 0) is 4.79 Å². The number of allylic oxidation sites excluding steroid dienone is 1. The van der Waals surface area contributed by atoms with Crippen LogP contribution in [0.4, 0.5) is 0 Å². The molecule has 0 saturated heterocycles. The highest BCUT2D eigenvalue weighted by Gasteiger charge is 2.18. The van der Waals surface area contributed by atoms with Crippen LogP contribution in [0.15, 0.2) is 12.2 Å². The van der Waals surface area contributed by atoms with E-state index in [0.29, 0.717) is 6.42 Å². The zero-order valence-corrected chi connectivity index (χ0v) is 41.3. The number of amides is 1. The summed E-state index contributed by atoms with van der Waals surface area (Å²) in [5.41, 5.74) is 0. The van der Waals surface area contributed by atoms with E-state index in [2.05, 4.69) is 19.2 Å². The Bertz CT molecular complexity index is 829. The van der Waals surface area contributed by atoms with Gasteiger partial charge in [0, 0.05) is 6.42 Å². The van der Waals surface area contributed by atoms with Gasteiger partial charge in [0.1, 0.15) is 0 Å². The van der Waals surface area contributed by atoms with Gasteiger partial charge in [-0.1, -0.05) is 309 Å². The van der Waals surface area contributed by atoms with Gasteiger partial charge in [0.25, 0.3) is 0 Å². The monoisotopic (exact) mass is 846 g/mol. The summed E-state index contributed by atoms with van der Waals surface area (Å²) in [6.07, 6.45) is 68.0. The topological polar surface area (TPSA) is 69.6 Å². The molecule has 358 valence electrons. The van der Waals surface area contributed by atoms with E-state index in [-0.39, 0.29) is 12.5 Å². The SMILES string of the molecule is CCCCCCCCCCCCCCCCCCCCCCCCCCCCC/C=C/C(O)C(CO)NC(=O)CCCCCCCCCCCCCCCCCCCCC. The lowest BCUT2D eigenvalue weighted by Gasteiger charge is -2.20. The molecule has 0 aromatic carbocycles. The minimum absolute atomic E-state index is 0.0564. The fourth-order valence-electron chi connectivity index (χ4n) is 9.01. The van der Waals surface area contributed by atoms with Gasteiger partial charge in [0.2, 0.25) is 5.91 Å². The van der Waals surface area contributed by atoms with Crippen LogP contribution in [0.3, 0.4) is 0 Å². The van der Waals surface area contributed by atoms with Gasteiger partial charge in [-0.3, -0.25) is 4.79 Å². The quantitative estimate of drug-likeness (QED) is 0.0422. The van der Waals surface area contributed by atoms with Crippen molar-refractivity contribution in [3.63, 3.8) is 0 Å². The van der Waals surface area contributed by atoms with Crippen LogP contribution in [-0.4, -0.2) is 34.9 Å². The molecule has 0 aliphatic carbocycles. The van der Waals surface area contributed by atoms with E-state index in [1.165, 1.54) is 276 Å². The van der Waals surface area contributed by atoms with E-state index in [0.717, 1.165) is 25.7 Å². The third kappa shape index (κ3) is 48.2. The van der Waals surface area contributed by atoms with Gasteiger partial charge in [-0.15, -0.1) is 0 Å². The zero-order valence-electron chi connectivity index (χ0n) is 41.3. The molecular weight excluding hydrogens is 735 g/mol. The molecule has 0 spiro atoms. The number of unbranched alkanes of at least 4 members (excludes halogenated alkanes) is 45. The summed E-state index contributed by atoms with van der Waals surface area (Å²) < 4.78 is 0. The first-order chi connectivity index (χ1) is 29.7. The Kier molecular flexibility index (Phi) is 51.7. The fraction of sp³-hybridized carbons (Fsp3) is 0.946. The second-order valence-corrected chi connectivity index (χ2v) is 19.4. The molecule has 0 radical (unpaired) electrons. The number of carbonyl (C=O) groups is 1. The molecule has 2 unspecified atom stereocenters. The summed E-state index contributed by atoms with van der Waals surface area (Å²) in [5.74, 6) is -0.0564. The molecule has 0 heterocycles. The Labute approximate surface area is 377 Å². The molecule has 4 nitrogen and oxygen atoms in total. The Hall–Kier alpha value is -0.870. The first kappa shape index (κ1) is 59.1. The molecule has 2 atom stereocenters. The normalized spacial score (nSPS) is 12.8. The van der Waals surface area contributed by atoms with Crippen molar-refractivity contribution in [3.05, 3.63) is 12.2 Å². The molecule has 0 saturated carbocycles. The summed E-state index contributed by atoms with van der Waals surface area (Å²) in [6.45, 7) is 4.35. The second-order valence-electron chi connectivity index (χ2n) is 19.4. The van der Waals surface area contributed by atoms with Gasteiger partial charge < -0.3 is 15.5 Å². The van der Waals surface area contributed by atoms with E-state index in [1.54, 1.807) is 6.08 Å². The van der Waals surface area contributed by atoms with Gasteiger partial charge >= 0.3 is 0 Å². The lowest BCUT2D eigenvalue weighted by atomic mass is 10.0. The molecular formula is C56H111NO3. The summed E-state index contributed by atoms with van der Waals surface area (Å²) in [7, 11) is 0. The van der Waals surface area contributed by atoms with Gasteiger partial charge in [0.05, 0.1) is 18.8 Å². The van der Waals surface area contributed by atoms with Gasteiger partial charge in [-0.25, -0.2) is 0 Å². The highest BCUT2D eigenvalue weighted by atomic mass is 16.3. The lowest BCUT2D eigenvalue weighted by Crippen LogP contribution is -2.45. The standard InChI is InChI=1S/C56H111NO3/c1-3-5-7-9-11-13-15-17-19-21-23-24-25-26-27-28-29-30-31-32-34-35-37-39-41-43-45-47-49-51-55(59)54(53-58)57-56(60)52-50-48-46-44-42-40-38-36-33-22-20-18-16-14-12-10-8-6-4-2/h49,51,54-55,58-59H,3-48,50,52-53H2,1-2H3,(H,57,60)/b51-49+. The van der Waals surface area contributed by atoms with Crippen LogP contribution in [0, 0.1) is 0 Å². The second kappa shape index (κ2) is 52.5. The van der Waals surface area contributed by atoms with E-state index >= 15 is 0 Å². The highest BCUT2D eigenvalue weighted by molar-refractivity contribution is 5.76. The summed E-state index contributed by atoms with van der Waals surface area (Å²) in [6, 6.07) is -0.618. The number of carbonyl (C=O) groups excluding carboxylic acids is 1. The molecule has 0 rings (SSSR count). The number of aliphatic hydroxyl groups excluding tert-OH is 2. The van der Waals surface area contributed by atoms with Gasteiger partial charge in [-0.2, -0.15) is 0 Å². The van der Waals surface area contributed by atoms with Gasteiger partial charge in [-0.05, 0) is 19.3 Å². The Balaban J connectivity index is 3.44. The average Bonchev–Trinajstić information content (AvgIpc) is 3.25. The largest absolute Gasteiger partial charge is 0.394 e. The van der Waals surface area contributed by atoms with Crippen LogP contribution < -0.4 is 5.32 Å². The lowest BCUT2D eigenvalue weighted by molar-refractivity contribution is -0.123. The minimum atomic E-state index is -0.835. The molecule has 3 N–H and O–H groups in total. The smallest absolute Gasteiger partial charge is 0.220 e. The van der Waals surface area contributed by atoms with Crippen LogP contribution in [0.5, 0.6) is 0 Å². The van der Waals surface area contributed by atoms with Crippen molar-refractivity contribution in [2.75, 3.05) is 6.61 Å². The minimum Gasteiger partial charge on any atom is -0.394 e. The zero-order chi connectivity index (χ0) is 43.5. The fourth-order valence-corrected chi connectivity index (χ4v) is 9.01. The van der Waals surface area contributed by atoms with Crippen molar-refractivity contribution >= 4 is 5.91 Å². The van der Waals surface area contributed by atoms with E-state index in [1.807, 2.05) is 6.08 Å². The number of hydrogen-bond acceptors (Lipinski definition) is 3. The van der Waals surface area contributed by atoms with Crippen LogP contribution in [0.2, 0.25) is 0 Å². The molecule has 0 aliphatic heterocycles. The van der Waals surface area contributed by atoms with Crippen molar-refractivity contribution in [3.8, 4) is 0 Å². The van der Waals surface area contributed by atoms with E-state index in [4.69, 9.17) is 0 Å². The van der Waals surface area contributed by atoms with Crippen LogP contribution >= 0.6 is 0 Å². The third-order valence-corrected chi connectivity index (χ3v) is 13.3. The van der Waals surface area contributed by atoms with Crippen molar-refractivity contribution in [1.82, 2.24) is 5.32 Å². The molecule has 4 heteroatoms. The third-order valence-electron chi connectivity index (χ3n) is 13.3. The van der Waals surface area contributed by atoms with Crippen molar-refractivity contribution in [1.29, 1.82) is 0 Å². The number of nitrogens with one attached hydrogen (secondary N) is 1. The number of aliphatic hydroxyl groups is 2. The first-order valence-electron chi connectivity index (χ1n) is 27.9. The molecule has 0 aromatic rings. The van der Waals surface area contributed by atoms with Gasteiger partial charge in [0.15, 0.2) is 0 Å². The maximum atomic E-state index is 12.4. The van der Waals surface area contributed by atoms with Crippen molar-refractivity contribution < 1.29 is 15.0 Å². The number of hydrogen-bond donors (Lipinski definition) is 3. The Morgan fingerprint density at radius 3 is 0.867 bits per heavy atom. The van der Waals surface area contributed by atoms with Crippen LogP contribution in [0.25, 0.3) is 0 Å². The molecule has 60 heavy (non-hydrogen) atoms. The molecule has 0 bridgehead atoms. The maximum Gasteiger partial charge on any atom is 0.220 e.